The molecule has 1 aliphatic heterocycles. The lowest BCUT2D eigenvalue weighted by Gasteiger charge is -2.16. The maximum Gasteiger partial charge on any atom is 0.248 e. The Morgan fingerprint density at radius 1 is 1.47 bits per heavy atom. The summed E-state index contributed by atoms with van der Waals surface area (Å²) in [4.78, 5) is 0.173. The monoisotopic (exact) mass is 286 g/mol. The highest BCUT2D eigenvalue weighted by atomic mass is 32.2. The predicted molar refractivity (Wildman–Crippen MR) is 74.1 cm³/mol. The van der Waals surface area contributed by atoms with E-state index in [1.54, 1.807) is 18.3 Å². The molecule has 2 heterocycles. The summed E-state index contributed by atoms with van der Waals surface area (Å²) in [5, 5.41) is 3.99. The standard InChI is InChI=1S/C12H22N4O2S/c1-4-5-10-6-7-16(8-10)19(17,18)11-9(2)15(3)14-12(11)13/h10H,4-8H2,1-3H3,(H2,13,14). The van der Waals surface area contributed by atoms with Crippen molar-refractivity contribution in [3.05, 3.63) is 5.69 Å². The highest BCUT2D eigenvalue weighted by molar-refractivity contribution is 7.89. The van der Waals surface area contributed by atoms with E-state index < -0.39 is 10.0 Å². The van der Waals surface area contributed by atoms with Crippen LogP contribution in [0.1, 0.15) is 31.9 Å². The molecule has 1 fully saturated rings. The third kappa shape index (κ3) is 2.49. The largest absolute Gasteiger partial charge is 0.381 e. The number of nitrogens with two attached hydrogens (primary N) is 1. The van der Waals surface area contributed by atoms with Crippen LogP contribution in [0.5, 0.6) is 0 Å². The fraction of sp³-hybridized carbons (Fsp3) is 0.750. The van der Waals surface area contributed by atoms with E-state index in [0.717, 1.165) is 19.3 Å². The van der Waals surface area contributed by atoms with Gasteiger partial charge in [-0.05, 0) is 25.7 Å². The molecular formula is C12H22N4O2S. The van der Waals surface area contributed by atoms with Gasteiger partial charge in [-0.15, -0.1) is 0 Å². The first-order valence-electron chi connectivity index (χ1n) is 6.67. The van der Waals surface area contributed by atoms with Crippen molar-refractivity contribution in [3.63, 3.8) is 0 Å². The molecule has 1 aliphatic rings. The van der Waals surface area contributed by atoms with Crippen LogP contribution in [0.15, 0.2) is 4.90 Å². The molecule has 2 rings (SSSR count). The van der Waals surface area contributed by atoms with E-state index in [1.165, 1.54) is 4.68 Å². The number of sulfonamides is 1. The number of anilines is 1. The average Bonchev–Trinajstić information content (AvgIpc) is 2.87. The molecule has 0 spiro atoms. The van der Waals surface area contributed by atoms with E-state index in [0.29, 0.717) is 24.7 Å². The summed E-state index contributed by atoms with van der Waals surface area (Å²) in [5.41, 5.74) is 6.35. The topological polar surface area (TPSA) is 81.2 Å². The van der Waals surface area contributed by atoms with Crippen LogP contribution in [-0.2, 0) is 17.1 Å². The van der Waals surface area contributed by atoms with Crippen molar-refractivity contribution in [2.45, 2.75) is 38.0 Å². The van der Waals surface area contributed by atoms with E-state index in [-0.39, 0.29) is 10.7 Å². The van der Waals surface area contributed by atoms with Gasteiger partial charge in [-0.3, -0.25) is 4.68 Å². The molecular weight excluding hydrogens is 264 g/mol. The van der Waals surface area contributed by atoms with Gasteiger partial charge in [-0.25, -0.2) is 8.42 Å². The molecule has 7 heteroatoms. The number of aryl methyl sites for hydroxylation is 1. The van der Waals surface area contributed by atoms with Crippen molar-refractivity contribution in [3.8, 4) is 0 Å². The van der Waals surface area contributed by atoms with E-state index in [2.05, 4.69) is 12.0 Å². The Bertz CT molecular complexity index is 565. The van der Waals surface area contributed by atoms with Gasteiger partial charge < -0.3 is 5.73 Å². The lowest BCUT2D eigenvalue weighted by atomic mass is 10.0. The fourth-order valence-corrected chi connectivity index (χ4v) is 4.54. The number of hydrogen-bond acceptors (Lipinski definition) is 4. The Balaban J connectivity index is 2.29. The van der Waals surface area contributed by atoms with Crippen molar-refractivity contribution >= 4 is 15.8 Å². The highest BCUT2D eigenvalue weighted by Gasteiger charge is 2.35. The molecule has 6 nitrogen and oxygen atoms in total. The minimum atomic E-state index is -3.51. The number of aromatic nitrogens is 2. The van der Waals surface area contributed by atoms with Crippen molar-refractivity contribution < 1.29 is 8.42 Å². The normalized spacial score (nSPS) is 21.1. The lowest BCUT2D eigenvalue weighted by molar-refractivity contribution is 0.444. The van der Waals surface area contributed by atoms with E-state index in [4.69, 9.17) is 5.73 Å². The third-order valence-corrected chi connectivity index (χ3v) is 5.88. The van der Waals surface area contributed by atoms with Gasteiger partial charge in [0.25, 0.3) is 0 Å². The molecule has 1 unspecified atom stereocenters. The van der Waals surface area contributed by atoms with Gasteiger partial charge in [0.2, 0.25) is 10.0 Å². The summed E-state index contributed by atoms with van der Waals surface area (Å²) >= 11 is 0. The Hall–Kier alpha value is -1.08. The summed E-state index contributed by atoms with van der Waals surface area (Å²) in [7, 11) is -1.80. The molecule has 1 aromatic heterocycles. The van der Waals surface area contributed by atoms with Gasteiger partial charge in [0.1, 0.15) is 4.90 Å². The second-order valence-electron chi connectivity index (χ2n) is 5.23. The Morgan fingerprint density at radius 2 is 2.16 bits per heavy atom. The minimum Gasteiger partial charge on any atom is -0.381 e. The third-order valence-electron chi connectivity index (χ3n) is 3.85. The van der Waals surface area contributed by atoms with Crippen LogP contribution in [0.2, 0.25) is 0 Å². The molecule has 0 saturated carbocycles. The quantitative estimate of drug-likeness (QED) is 0.899. The first-order chi connectivity index (χ1) is 8.87. The van der Waals surface area contributed by atoms with E-state index in [1.807, 2.05) is 0 Å². The molecule has 0 aliphatic carbocycles. The molecule has 0 aromatic carbocycles. The van der Waals surface area contributed by atoms with Gasteiger partial charge in [-0.2, -0.15) is 9.40 Å². The lowest BCUT2D eigenvalue weighted by Crippen LogP contribution is -2.29. The highest BCUT2D eigenvalue weighted by Crippen LogP contribution is 2.30. The van der Waals surface area contributed by atoms with Gasteiger partial charge in [-0.1, -0.05) is 13.3 Å². The SMILES string of the molecule is CCCC1CCN(S(=O)(=O)c2c(N)nn(C)c2C)C1. The van der Waals surface area contributed by atoms with Gasteiger partial charge >= 0.3 is 0 Å². The second kappa shape index (κ2) is 5.13. The molecule has 1 atom stereocenters. The van der Waals surface area contributed by atoms with Crippen molar-refractivity contribution in [1.29, 1.82) is 0 Å². The molecule has 0 bridgehead atoms. The first kappa shape index (κ1) is 14.3. The molecule has 0 amide bonds. The van der Waals surface area contributed by atoms with Gasteiger partial charge in [0, 0.05) is 20.1 Å². The maximum atomic E-state index is 12.6. The number of nitrogen functional groups attached to an aromatic ring is 1. The van der Waals surface area contributed by atoms with Crippen LogP contribution < -0.4 is 5.73 Å². The van der Waals surface area contributed by atoms with Crippen molar-refractivity contribution in [1.82, 2.24) is 14.1 Å². The van der Waals surface area contributed by atoms with Gasteiger partial charge in [0.15, 0.2) is 5.82 Å². The number of nitrogens with zero attached hydrogens (tertiary/aromatic N) is 3. The molecule has 19 heavy (non-hydrogen) atoms. The van der Waals surface area contributed by atoms with Crippen molar-refractivity contribution in [2.75, 3.05) is 18.8 Å². The molecule has 108 valence electrons. The zero-order chi connectivity index (χ0) is 14.2. The van der Waals surface area contributed by atoms with Gasteiger partial charge in [0.05, 0.1) is 5.69 Å². The maximum absolute atomic E-state index is 12.6. The van der Waals surface area contributed by atoms with Crippen molar-refractivity contribution in [2.24, 2.45) is 13.0 Å². The molecule has 0 radical (unpaired) electrons. The number of hydrogen-bond donors (Lipinski definition) is 1. The molecule has 1 saturated heterocycles. The predicted octanol–water partition coefficient (Wildman–Crippen LogP) is 1.12. The summed E-state index contributed by atoms with van der Waals surface area (Å²) in [6, 6.07) is 0. The summed E-state index contributed by atoms with van der Waals surface area (Å²) in [6.45, 7) is 5.04. The van der Waals surface area contributed by atoms with Crippen LogP contribution in [0, 0.1) is 12.8 Å². The Labute approximate surface area is 114 Å². The summed E-state index contributed by atoms with van der Waals surface area (Å²) in [6.07, 6.45) is 3.10. The first-order valence-corrected chi connectivity index (χ1v) is 8.11. The Kier molecular flexibility index (Phi) is 3.87. The molecule has 1 aromatic rings. The average molecular weight is 286 g/mol. The van der Waals surface area contributed by atoms with Crippen LogP contribution in [0.3, 0.4) is 0 Å². The van der Waals surface area contributed by atoms with Crippen LogP contribution in [-0.4, -0.2) is 35.6 Å². The summed E-state index contributed by atoms with van der Waals surface area (Å²) < 4.78 is 28.3. The zero-order valence-corrected chi connectivity index (χ0v) is 12.6. The van der Waals surface area contributed by atoms with Crippen LogP contribution in [0.25, 0.3) is 0 Å². The van der Waals surface area contributed by atoms with E-state index in [9.17, 15) is 8.42 Å². The molecule has 2 N–H and O–H groups in total. The minimum absolute atomic E-state index is 0.0962. The summed E-state index contributed by atoms with van der Waals surface area (Å²) in [5.74, 6) is 0.567. The smallest absolute Gasteiger partial charge is 0.248 e. The fourth-order valence-electron chi connectivity index (χ4n) is 2.72. The zero-order valence-electron chi connectivity index (χ0n) is 11.8. The number of rotatable bonds is 4. The second-order valence-corrected chi connectivity index (χ2v) is 7.10. The van der Waals surface area contributed by atoms with Crippen LogP contribution in [0.4, 0.5) is 5.82 Å². The Morgan fingerprint density at radius 3 is 2.68 bits per heavy atom. The van der Waals surface area contributed by atoms with Crippen LogP contribution >= 0.6 is 0 Å². The van der Waals surface area contributed by atoms with E-state index >= 15 is 0 Å².